The first-order chi connectivity index (χ1) is 16.4. The number of carboxylic acids is 1. The number of hydrogen-bond acceptors (Lipinski definition) is 5. The van der Waals surface area contributed by atoms with Crippen LogP contribution in [0.5, 0.6) is 0 Å². The van der Waals surface area contributed by atoms with Crippen molar-refractivity contribution in [2.75, 3.05) is 11.9 Å². The van der Waals surface area contributed by atoms with Crippen LogP contribution in [0.3, 0.4) is 0 Å². The second-order valence-electron chi connectivity index (χ2n) is 7.79. The number of carbonyl (C=O) groups is 3. The van der Waals surface area contributed by atoms with Crippen molar-refractivity contribution < 1.29 is 24.2 Å². The van der Waals surface area contributed by atoms with Gasteiger partial charge in [0.15, 0.2) is 5.69 Å². The highest BCUT2D eigenvalue weighted by atomic mass is 16.5. The number of aromatic nitrogens is 2. The third kappa shape index (κ3) is 4.47. The lowest BCUT2D eigenvalue weighted by molar-refractivity contribution is -0.139. The van der Waals surface area contributed by atoms with Crippen molar-refractivity contribution in [3.63, 3.8) is 0 Å². The van der Waals surface area contributed by atoms with E-state index in [-0.39, 0.29) is 30.3 Å². The monoisotopic (exact) mass is 458 g/mol. The van der Waals surface area contributed by atoms with Gasteiger partial charge in [-0.2, -0.15) is 5.10 Å². The van der Waals surface area contributed by atoms with Crippen LogP contribution in [-0.4, -0.2) is 45.5 Å². The molecule has 0 bridgehead atoms. The maximum Gasteiger partial charge on any atom is 0.411 e. The molecule has 3 aromatic rings. The average molecular weight is 458 g/mol. The lowest BCUT2D eigenvalue weighted by atomic mass is 9.98. The summed E-state index contributed by atoms with van der Waals surface area (Å²) >= 11 is 0. The van der Waals surface area contributed by atoms with E-state index in [0.717, 1.165) is 22.3 Å². The van der Waals surface area contributed by atoms with Crippen molar-refractivity contribution in [1.29, 1.82) is 0 Å². The van der Waals surface area contributed by atoms with E-state index in [1.54, 1.807) is 7.05 Å². The Bertz CT molecular complexity index is 1260. The molecule has 9 heteroatoms. The minimum absolute atomic E-state index is 0.0852. The molecule has 4 rings (SSSR count). The first-order valence-corrected chi connectivity index (χ1v) is 10.5. The third-order valence-electron chi connectivity index (χ3n) is 5.55. The number of anilines is 1. The zero-order valence-corrected chi connectivity index (χ0v) is 18.3. The number of aryl methyl sites for hydroxylation is 1. The van der Waals surface area contributed by atoms with E-state index in [0.29, 0.717) is 0 Å². The molecule has 0 spiro atoms. The van der Waals surface area contributed by atoms with E-state index in [4.69, 9.17) is 11.2 Å². The molecular weight excluding hydrogens is 436 g/mol. The number of terminal acetylenes is 1. The van der Waals surface area contributed by atoms with E-state index in [9.17, 15) is 19.5 Å². The fourth-order valence-corrected chi connectivity index (χ4v) is 4.04. The molecule has 0 radical (unpaired) electrons. The van der Waals surface area contributed by atoms with Crippen molar-refractivity contribution in [3.8, 4) is 23.5 Å². The zero-order chi connectivity index (χ0) is 24.2. The Morgan fingerprint density at radius 3 is 2.35 bits per heavy atom. The van der Waals surface area contributed by atoms with Crippen molar-refractivity contribution >= 4 is 23.7 Å². The van der Waals surface area contributed by atoms with Gasteiger partial charge >= 0.3 is 12.1 Å². The Morgan fingerprint density at radius 2 is 1.76 bits per heavy atom. The molecule has 172 valence electrons. The Hall–Kier alpha value is -4.58. The molecule has 1 aliphatic carbocycles. The van der Waals surface area contributed by atoms with Gasteiger partial charge in [0.25, 0.3) is 5.91 Å². The molecule has 1 aromatic heterocycles. The molecule has 1 unspecified atom stereocenters. The topological polar surface area (TPSA) is 123 Å². The van der Waals surface area contributed by atoms with Gasteiger partial charge in [0.2, 0.25) is 0 Å². The minimum Gasteiger partial charge on any atom is -0.480 e. The summed E-state index contributed by atoms with van der Waals surface area (Å²) < 4.78 is 6.83. The highest BCUT2D eigenvalue weighted by Crippen LogP contribution is 2.44. The number of nitrogens with one attached hydrogen (secondary N) is 2. The molecule has 1 atom stereocenters. The maximum atomic E-state index is 12.6. The number of nitrogens with zero attached hydrogens (tertiary/aromatic N) is 2. The number of ether oxygens (including phenoxy) is 1. The van der Waals surface area contributed by atoms with Crippen LogP contribution in [0.2, 0.25) is 0 Å². The molecule has 0 saturated carbocycles. The number of amides is 2. The van der Waals surface area contributed by atoms with Gasteiger partial charge in [-0.3, -0.25) is 14.8 Å². The normalized spacial score (nSPS) is 12.7. The third-order valence-corrected chi connectivity index (χ3v) is 5.55. The Morgan fingerprint density at radius 1 is 1.15 bits per heavy atom. The second-order valence-corrected chi connectivity index (χ2v) is 7.79. The SMILES string of the molecule is C#CCC(NC(=O)c1nn(C)cc1NC(=O)OCC1c2ccccc2-c2ccccc21)C(=O)O. The average Bonchev–Trinajstić information content (AvgIpc) is 3.34. The standard InChI is InChI=1S/C25H22N4O5/c1-3-8-20(24(31)32)26-23(30)22-21(13-29(2)28-22)27-25(33)34-14-19-17-11-6-4-9-15(17)16-10-5-7-12-18(16)19/h1,4-7,9-13,19-20H,8,14H2,2H3,(H,26,30)(H,27,33)(H,31,32). The lowest BCUT2D eigenvalue weighted by Crippen LogP contribution is -2.41. The van der Waals surface area contributed by atoms with Gasteiger partial charge in [-0.15, -0.1) is 12.3 Å². The highest BCUT2D eigenvalue weighted by molar-refractivity contribution is 6.02. The van der Waals surface area contributed by atoms with Crippen LogP contribution in [-0.2, 0) is 16.6 Å². The summed E-state index contributed by atoms with van der Waals surface area (Å²) in [6.45, 7) is 0.102. The predicted octanol–water partition coefficient (Wildman–Crippen LogP) is 2.99. The number of benzene rings is 2. The summed E-state index contributed by atoms with van der Waals surface area (Å²) in [5.74, 6) is 0.0384. The molecule has 2 aromatic carbocycles. The van der Waals surface area contributed by atoms with Gasteiger partial charge < -0.3 is 15.2 Å². The van der Waals surface area contributed by atoms with E-state index < -0.39 is 24.0 Å². The van der Waals surface area contributed by atoms with Crippen molar-refractivity contribution in [1.82, 2.24) is 15.1 Å². The quantitative estimate of drug-likeness (QED) is 0.468. The van der Waals surface area contributed by atoms with Crippen LogP contribution in [0.25, 0.3) is 11.1 Å². The summed E-state index contributed by atoms with van der Waals surface area (Å²) in [5, 5.41) is 18.1. The number of carbonyl (C=O) groups excluding carboxylic acids is 2. The largest absolute Gasteiger partial charge is 0.480 e. The second kappa shape index (κ2) is 9.50. The molecule has 0 saturated heterocycles. The Kier molecular flexibility index (Phi) is 6.32. The van der Waals surface area contributed by atoms with Crippen LogP contribution >= 0.6 is 0 Å². The molecule has 2 amide bonds. The molecule has 3 N–H and O–H groups in total. The molecule has 1 heterocycles. The van der Waals surface area contributed by atoms with E-state index in [1.807, 2.05) is 48.5 Å². The molecule has 9 nitrogen and oxygen atoms in total. The number of fused-ring (bicyclic) bond motifs is 3. The van der Waals surface area contributed by atoms with Crippen LogP contribution in [0, 0.1) is 12.3 Å². The molecule has 1 aliphatic rings. The van der Waals surface area contributed by atoms with Crippen molar-refractivity contribution in [2.45, 2.75) is 18.4 Å². The summed E-state index contributed by atoms with van der Waals surface area (Å²) in [5.41, 5.74) is 4.30. The Labute approximate surface area is 195 Å². The van der Waals surface area contributed by atoms with E-state index in [1.165, 1.54) is 10.9 Å². The Balaban J connectivity index is 1.45. The fourth-order valence-electron chi connectivity index (χ4n) is 4.04. The number of carboxylic acid groups (broad SMARTS) is 1. The molecule has 0 fully saturated rings. The molecule has 34 heavy (non-hydrogen) atoms. The van der Waals surface area contributed by atoms with Crippen molar-refractivity contribution in [2.24, 2.45) is 7.05 Å². The first-order valence-electron chi connectivity index (χ1n) is 10.5. The van der Waals surface area contributed by atoms with Crippen LogP contribution in [0.1, 0.15) is 34.0 Å². The number of aliphatic carboxylic acids is 1. The smallest absolute Gasteiger partial charge is 0.411 e. The van der Waals surface area contributed by atoms with Crippen LogP contribution in [0.4, 0.5) is 10.5 Å². The maximum absolute atomic E-state index is 12.6. The van der Waals surface area contributed by atoms with Gasteiger partial charge in [0.05, 0.1) is 5.69 Å². The summed E-state index contributed by atoms with van der Waals surface area (Å²) in [7, 11) is 1.57. The van der Waals surface area contributed by atoms with Crippen LogP contribution in [0.15, 0.2) is 54.7 Å². The van der Waals surface area contributed by atoms with Gasteiger partial charge in [0.1, 0.15) is 12.6 Å². The van der Waals surface area contributed by atoms with Gasteiger partial charge in [-0.1, -0.05) is 48.5 Å². The highest BCUT2D eigenvalue weighted by Gasteiger charge is 2.29. The predicted molar refractivity (Wildman–Crippen MR) is 124 cm³/mol. The molecular formula is C25H22N4O5. The van der Waals surface area contributed by atoms with Gasteiger partial charge in [-0.25, -0.2) is 9.59 Å². The van der Waals surface area contributed by atoms with Crippen LogP contribution < -0.4 is 10.6 Å². The molecule has 0 aliphatic heterocycles. The lowest BCUT2D eigenvalue weighted by Gasteiger charge is -2.15. The number of rotatable bonds is 7. The van der Waals surface area contributed by atoms with Gasteiger partial charge in [0, 0.05) is 25.6 Å². The van der Waals surface area contributed by atoms with Crippen molar-refractivity contribution in [3.05, 3.63) is 71.5 Å². The van der Waals surface area contributed by atoms with E-state index >= 15 is 0 Å². The number of hydrogen-bond donors (Lipinski definition) is 3. The first kappa shape index (κ1) is 22.6. The van der Waals surface area contributed by atoms with E-state index in [2.05, 4.69) is 21.7 Å². The summed E-state index contributed by atoms with van der Waals surface area (Å²) in [6.07, 6.45) is 5.64. The summed E-state index contributed by atoms with van der Waals surface area (Å²) in [6, 6.07) is 14.7. The fraction of sp³-hybridized carbons (Fsp3) is 0.200. The van der Waals surface area contributed by atoms with Gasteiger partial charge in [-0.05, 0) is 22.3 Å². The summed E-state index contributed by atoms with van der Waals surface area (Å²) in [4.78, 5) is 36.5. The minimum atomic E-state index is -1.28. The zero-order valence-electron chi connectivity index (χ0n) is 18.3.